The van der Waals surface area contributed by atoms with Gasteiger partial charge in [-0.25, -0.2) is 17.5 Å². The van der Waals surface area contributed by atoms with E-state index in [9.17, 15) is 30.8 Å². The summed E-state index contributed by atoms with van der Waals surface area (Å²) in [7, 11) is -4.47. The number of sulfonamides is 1. The number of rotatable bonds is 10. The Morgan fingerprint density at radius 3 is 2.44 bits per heavy atom. The summed E-state index contributed by atoms with van der Waals surface area (Å²) in [4.78, 5) is 12.7. The maximum atomic E-state index is 13.6. The lowest BCUT2D eigenvalue weighted by Gasteiger charge is -2.28. The van der Waals surface area contributed by atoms with Crippen molar-refractivity contribution >= 4 is 15.9 Å². The summed E-state index contributed by atoms with van der Waals surface area (Å²) in [5.74, 6) is -1.01. The lowest BCUT2D eigenvalue weighted by molar-refractivity contribution is -0.137. The molecule has 4 rings (SSSR count). The molecule has 0 saturated heterocycles. The zero-order valence-corrected chi connectivity index (χ0v) is 23.6. The standard InChI is InChI=1S/C30H33F4N3O3S/c1-19(2)35-18-20-9-14-26-22(15-20)5-3-8-27(26)36-29(38)17-28(21-10-12-24(31)13-11-21)37-41(39,40)25-7-4-6-23(16-25)30(32,33)34/h4,6-7,9-16,19,27-28,35,37H,3,5,8,17-18H2,1-2H3,(H,36,38). The molecular formula is C30H33F4N3O3S. The molecule has 41 heavy (non-hydrogen) atoms. The second-order valence-corrected chi connectivity index (χ2v) is 12.3. The normalized spacial score (nSPS) is 16.3. The van der Waals surface area contributed by atoms with Crippen molar-refractivity contribution in [2.75, 3.05) is 0 Å². The van der Waals surface area contributed by atoms with Crippen molar-refractivity contribution in [3.63, 3.8) is 0 Å². The Hall–Kier alpha value is -3.28. The summed E-state index contributed by atoms with van der Waals surface area (Å²) in [6, 6.07) is 13.4. The van der Waals surface area contributed by atoms with Crippen LogP contribution < -0.4 is 15.4 Å². The van der Waals surface area contributed by atoms with Crippen LogP contribution in [0.15, 0.2) is 71.6 Å². The second-order valence-electron chi connectivity index (χ2n) is 10.5. The summed E-state index contributed by atoms with van der Waals surface area (Å²) >= 11 is 0. The highest BCUT2D eigenvalue weighted by atomic mass is 32.2. The number of alkyl halides is 3. The molecule has 6 nitrogen and oxygen atoms in total. The lowest BCUT2D eigenvalue weighted by Crippen LogP contribution is -2.36. The van der Waals surface area contributed by atoms with E-state index in [2.05, 4.69) is 35.3 Å². The fourth-order valence-corrected chi connectivity index (χ4v) is 6.18. The minimum atomic E-state index is -4.73. The minimum Gasteiger partial charge on any atom is -0.349 e. The van der Waals surface area contributed by atoms with Crippen LogP contribution in [0.3, 0.4) is 0 Å². The van der Waals surface area contributed by atoms with Crippen LogP contribution in [0.1, 0.15) is 73.0 Å². The van der Waals surface area contributed by atoms with Crippen molar-refractivity contribution in [2.24, 2.45) is 0 Å². The minimum absolute atomic E-state index is 0.271. The van der Waals surface area contributed by atoms with Gasteiger partial charge in [0.2, 0.25) is 15.9 Å². The number of halogens is 4. The van der Waals surface area contributed by atoms with E-state index >= 15 is 0 Å². The van der Waals surface area contributed by atoms with Crippen LogP contribution in [0.2, 0.25) is 0 Å². The molecule has 3 aromatic rings. The summed E-state index contributed by atoms with van der Waals surface area (Å²) < 4.78 is 81.9. The summed E-state index contributed by atoms with van der Waals surface area (Å²) in [5, 5.41) is 6.39. The molecule has 0 aromatic heterocycles. The van der Waals surface area contributed by atoms with E-state index in [-0.39, 0.29) is 12.5 Å². The summed E-state index contributed by atoms with van der Waals surface area (Å²) in [6.45, 7) is 4.87. The molecule has 0 saturated carbocycles. The van der Waals surface area contributed by atoms with Gasteiger partial charge in [0.05, 0.1) is 22.5 Å². The second kappa shape index (κ2) is 12.7. The number of benzene rings is 3. The van der Waals surface area contributed by atoms with E-state index in [0.29, 0.717) is 24.1 Å². The highest BCUT2D eigenvalue weighted by Crippen LogP contribution is 2.32. The molecule has 0 radical (unpaired) electrons. The SMILES string of the molecule is CC(C)NCc1ccc2c(c1)CCCC2NC(=O)CC(NS(=O)(=O)c1cccc(C(F)(F)F)c1)c1ccc(F)cc1. The van der Waals surface area contributed by atoms with Crippen molar-refractivity contribution in [2.45, 2.75) is 75.3 Å². The van der Waals surface area contributed by atoms with Crippen molar-refractivity contribution in [1.82, 2.24) is 15.4 Å². The Morgan fingerprint density at radius 2 is 1.76 bits per heavy atom. The van der Waals surface area contributed by atoms with E-state index in [1.807, 2.05) is 12.1 Å². The molecule has 0 heterocycles. The largest absolute Gasteiger partial charge is 0.416 e. The number of fused-ring (bicyclic) bond motifs is 1. The van der Waals surface area contributed by atoms with Gasteiger partial charge >= 0.3 is 6.18 Å². The number of hydrogen-bond acceptors (Lipinski definition) is 4. The van der Waals surface area contributed by atoms with E-state index in [1.54, 1.807) is 0 Å². The molecular weight excluding hydrogens is 558 g/mol. The van der Waals surface area contributed by atoms with E-state index in [0.717, 1.165) is 66.4 Å². The van der Waals surface area contributed by atoms with Gasteiger partial charge in [-0.05, 0) is 71.8 Å². The molecule has 1 amide bonds. The molecule has 0 fully saturated rings. The van der Waals surface area contributed by atoms with Crippen LogP contribution in [0.5, 0.6) is 0 Å². The van der Waals surface area contributed by atoms with Crippen LogP contribution in [0.4, 0.5) is 17.6 Å². The van der Waals surface area contributed by atoms with Gasteiger partial charge in [-0.3, -0.25) is 4.79 Å². The average molecular weight is 592 g/mol. The molecule has 1 aliphatic carbocycles. The Balaban J connectivity index is 1.53. The molecule has 220 valence electrons. The molecule has 2 atom stereocenters. The molecule has 3 N–H and O–H groups in total. The Bertz CT molecular complexity index is 1480. The molecule has 0 bridgehead atoms. The van der Waals surface area contributed by atoms with Crippen LogP contribution in [0.25, 0.3) is 0 Å². The van der Waals surface area contributed by atoms with Gasteiger partial charge in [0.1, 0.15) is 5.82 Å². The molecule has 2 unspecified atom stereocenters. The zero-order chi connectivity index (χ0) is 29.8. The van der Waals surface area contributed by atoms with Crippen molar-refractivity contribution in [3.05, 3.63) is 100 Å². The molecule has 0 spiro atoms. The summed E-state index contributed by atoms with van der Waals surface area (Å²) in [6.07, 6.45) is -2.62. The monoisotopic (exact) mass is 591 g/mol. The fraction of sp³-hybridized carbons (Fsp3) is 0.367. The smallest absolute Gasteiger partial charge is 0.349 e. The predicted octanol–water partition coefficient (Wildman–Crippen LogP) is 5.95. The number of amides is 1. The first-order valence-corrected chi connectivity index (χ1v) is 14.9. The third-order valence-corrected chi connectivity index (χ3v) is 8.47. The Labute approximate surface area is 237 Å². The maximum Gasteiger partial charge on any atom is 0.416 e. The van der Waals surface area contributed by atoms with Gasteiger partial charge < -0.3 is 10.6 Å². The summed E-state index contributed by atoms with van der Waals surface area (Å²) in [5.41, 5.74) is 2.47. The Morgan fingerprint density at radius 1 is 1.02 bits per heavy atom. The maximum absolute atomic E-state index is 13.6. The van der Waals surface area contributed by atoms with Gasteiger partial charge in [-0.15, -0.1) is 0 Å². The van der Waals surface area contributed by atoms with Crippen LogP contribution in [0, 0.1) is 5.82 Å². The number of carbonyl (C=O) groups is 1. The fourth-order valence-electron chi connectivity index (χ4n) is 4.91. The quantitative estimate of drug-likeness (QED) is 0.255. The van der Waals surface area contributed by atoms with Crippen molar-refractivity contribution in [1.29, 1.82) is 0 Å². The van der Waals surface area contributed by atoms with Gasteiger partial charge in [-0.2, -0.15) is 13.2 Å². The Kier molecular flexibility index (Phi) is 9.51. The molecule has 0 aliphatic heterocycles. The number of carbonyl (C=O) groups excluding carboxylic acids is 1. The van der Waals surface area contributed by atoms with E-state index < -0.39 is 44.4 Å². The van der Waals surface area contributed by atoms with Crippen LogP contribution in [-0.4, -0.2) is 20.4 Å². The van der Waals surface area contributed by atoms with Crippen LogP contribution in [-0.2, 0) is 34.0 Å². The van der Waals surface area contributed by atoms with Crippen molar-refractivity contribution in [3.8, 4) is 0 Å². The lowest BCUT2D eigenvalue weighted by atomic mass is 9.86. The van der Waals surface area contributed by atoms with Crippen molar-refractivity contribution < 1.29 is 30.8 Å². The van der Waals surface area contributed by atoms with Gasteiger partial charge in [-0.1, -0.05) is 50.2 Å². The predicted molar refractivity (Wildman–Crippen MR) is 148 cm³/mol. The number of nitrogens with one attached hydrogen (secondary N) is 3. The molecule has 3 aromatic carbocycles. The van der Waals surface area contributed by atoms with Crippen LogP contribution >= 0.6 is 0 Å². The average Bonchev–Trinajstić information content (AvgIpc) is 2.91. The highest BCUT2D eigenvalue weighted by Gasteiger charge is 2.33. The first-order valence-electron chi connectivity index (χ1n) is 13.4. The molecule has 11 heteroatoms. The van der Waals surface area contributed by atoms with Gasteiger partial charge in [0.25, 0.3) is 0 Å². The zero-order valence-electron chi connectivity index (χ0n) is 22.8. The number of hydrogen-bond donors (Lipinski definition) is 3. The topological polar surface area (TPSA) is 87.3 Å². The molecule has 1 aliphatic rings. The third-order valence-electron chi connectivity index (χ3n) is 7.00. The van der Waals surface area contributed by atoms with Gasteiger partial charge in [0, 0.05) is 19.0 Å². The first-order chi connectivity index (χ1) is 19.3. The van der Waals surface area contributed by atoms with E-state index in [1.165, 1.54) is 12.1 Å². The third kappa shape index (κ3) is 8.15. The first kappa shape index (κ1) is 30.7. The van der Waals surface area contributed by atoms with E-state index in [4.69, 9.17) is 0 Å². The highest BCUT2D eigenvalue weighted by molar-refractivity contribution is 7.89. The van der Waals surface area contributed by atoms with Gasteiger partial charge in [0.15, 0.2) is 0 Å². The number of aryl methyl sites for hydroxylation is 1.